The van der Waals surface area contributed by atoms with E-state index in [-0.39, 0.29) is 11.9 Å². The van der Waals surface area contributed by atoms with Gasteiger partial charge in [0.05, 0.1) is 25.4 Å². The van der Waals surface area contributed by atoms with Crippen LogP contribution < -0.4 is 10.1 Å². The third kappa shape index (κ3) is 5.03. The molecular weight excluding hydrogens is 430 g/mol. The van der Waals surface area contributed by atoms with Crippen LogP contribution in [0.4, 0.5) is 0 Å². The predicted molar refractivity (Wildman–Crippen MR) is 133 cm³/mol. The lowest BCUT2D eigenvalue weighted by atomic mass is 9.99. The highest BCUT2D eigenvalue weighted by atomic mass is 16.5. The van der Waals surface area contributed by atoms with Gasteiger partial charge in [-0.15, -0.1) is 0 Å². The number of carbonyl (C=O) groups excluding carboxylic acids is 1. The van der Waals surface area contributed by atoms with E-state index in [1.807, 2.05) is 54.6 Å². The standard InChI is InChI=1S/C26H29N5O3/c1-30-11-13-31(14-12-30)17-25(32)29-26-27-21(18-7-9-20(33-2)10-8-18)16-22(28-26)24-15-19-5-3-4-6-23(19)34-24/h3-10,15,21H,11-14,16-17H2,1-2H3,(H,27,29,32). The smallest absolute Gasteiger partial charge is 0.240 e. The van der Waals surface area contributed by atoms with Gasteiger partial charge in [0.1, 0.15) is 17.1 Å². The van der Waals surface area contributed by atoms with Gasteiger partial charge in [0.25, 0.3) is 0 Å². The molecule has 0 saturated carbocycles. The number of para-hydroxylation sites is 1. The minimum Gasteiger partial charge on any atom is -0.497 e. The number of methoxy groups -OCH3 is 1. The number of carbonyl (C=O) groups is 1. The fraction of sp³-hybridized carbons (Fsp3) is 0.346. The average Bonchev–Trinajstić information content (AvgIpc) is 3.30. The molecule has 34 heavy (non-hydrogen) atoms. The number of likely N-dealkylation sites (N-methyl/N-ethyl adjacent to an activating group) is 1. The zero-order valence-electron chi connectivity index (χ0n) is 19.5. The average molecular weight is 460 g/mol. The minimum absolute atomic E-state index is 0.105. The fourth-order valence-electron chi connectivity index (χ4n) is 4.31. The van der Waals surface area contributed by atoms with E-state index >= 15 is 0 Å². The lowest BCUT2D eigenvalue weighted by molar-refractivity contribution is -0.121. The first kappa shape index (κ1) is 22.3. The number of nitrogens with one attached hydrogen (secondary N) is 1. The van der Waals surface area contributed by atoms with Gasteiger partial charge in [-0.1, -0.05) is 30.3 Å². The van der Waals surface area contributed by atoms with E-state index in [0.29, 0.717) is 24.7 Å². The van der Waals surface area contributed by atoms with Crippen LogP contribution in [0.25, 0.3) is 11.0 Å². The van der Waals surface area contributed by atoms with Crippen molar-refractivity contribution in [3.8, 4) is 5.75 Å². The SMILES string of the molecule is COc1ccc(C2CC(c3cc4ccccc4o3)=NC(NC(=O)CN3CCN(C)CC3)=N2)cc1. The summed E-state index contributed by atoms with van der Waals surface area (Å²) in [6.07, 6.45) is 0.573. The van der Waals surface area contributed by atoms with E-state index in [1.165, 1.54) is 0 Å². The topological polar surface area (TPSA) is 82.7 Å². The van der Waals surface area contributed by atoms with E-state index in [4.69, 9.17) is 19.1 Å². The Bertz CT molecular complexity index is 1190. The maximum Gasteiger partial charge on any atom is 0.240 e. The summed E-state index contributed by atoms with van der Waals surface area (Å²) < 4.78 is 11.4. The largest absolute Gasteiger partial charge is 0.497 e. The zero-order valence-corrected chi connectivity index (χ0v) is 19.5. The zero-order chi connectivity index (χ0) is 23.5. The summed E-state index contributed by atoms with van der Waals surface area (Å²) in [6, 6.07) is 17.5. The first-order chi connectivity index (χ1) is 16.6. The Labute approximate surface area is 198 Å². The van der Waals surface area contributed by atoms with Crippen LogP contribution in [-0.2, 0) is 4.79 Å². The molecule has 0 spiro atoms. The molecule has 8 heteroatoms. The quantitative estimate of drug-likeness (QED) is 0.634. The highest BCUT2D eigenvalue weighted by Gasteiger charge is 2.25. The molecule has 0 aliphatic carbocycles. The van der Waals surface area contributed by atoms with Crippen molar-refractivity contribution in [2.45, 2.75) is 12.5 Å². The lowest BCUT2D eigenvalue weighted by Gasteiger charge is -2.31. The van der Waals surface area contributed by atoms with Crippen molar-refractivity contribution in [3.05, 3.63) is 65.9 Å². The third-order valence-corrected chi connectivity index (χ3v) is 6.33. The number of guanidine groups is 1. The summed E-state index contributed by atoms with van der Waals surface area (Å²) in [5, 5.41) is 3.95. The van der Waals surface area contributed by atoms with Crippen molar-refractivity contribution >= 4 is 28.5 Å². The molecular formula is C26H29N5O3. The van der Waals surface area contributed by atoms with Gasteiger partial charge < -0.3 is 14.1 Å². The van der Waals surface area contributed by atoms with Crippen molar-refractivity contribution in [2.24, 2.45) is 9.98 Å². The van der Waals surface area contributed by atoms with Crippen LogP contribution in [0.2, 0.25) is 0 Å². The molecule has 0 bridgehead atoms. The molecule has 176 valence electrons. The molecule has 2 aliphatic rings. The van der Waals surface area contributed by atoms with E-state index in [9.17, 15) is 4.79 Å². The highest BCUT2D eigenvalue weighted by molar-refractivity contribution is 6.11. The second-order valence-corrected chi connectivity index (χ2v) is 8.78. The van der Waals surface area contributed by atoms with E-state index in [0.717, 1.165) is 54.2 Å². The van der Waals surface area contributed by atoms with Gasteiger partial charge in [-0.3, -0.25) is 15.0 Å². The number of hydrogen-bond donors (Lipinski definition) is 1. The molecule has 1 N–H and O–H groups in total. The number of nitrogens with zero attached hydrogens (tertiary/aromatic N) is 4. The van der Waals surface area contributed by atoms with Gasteiger partial charge in [-0.25, -0.2) is 9.98 Å². The van der Waals surface area contributed by atoms with Crippen molar-refractivity contribution in [1.29, 1.82) is 0 Å². The molecule has 1 atom stereocenters. The van der Waals surface area contributed by atoms with Gasteiger partial charge >= 0.3 is 0 Å². The number of aliphatic imine (C=N–C) groups is 2. The van der Waals surface area contributed by atoms with Crippen molar-refractivity contribution in [1.82, 2.24) is 15.1 Å². The molecule has 1 saturated heterocycles. The molecule has 0 radical (unpaired) electrons. The first-order valence-electron chi connectivity index (χ1n) is 11.6. The maximum atomic E-state index is 12.8. The Hall–Kier alpha value is -3.49. The molecule has 1 fully saturated rings. The van der Waals surface area contributed by atoms with Crippen molar-refractivity contribution in [2.75, 3.05) is 46.9 Å². The van der Waals surface area contributed by atoms with Crippen LogP contribution >= 0.6 is 0 Å². The minimum atomic E-state index is -0.189. The second-order valence-electron chi connectivity index (χ2n) is 8.78. The van der Waals surface area contributed by atoms with Crippen LogP contribution in [0.1, 0.15) is 23.8 Å². The predicted octanol–water partition coefficient (Wildman–Crippen LogP) is 3.10. The van der Waals surface area contributed by atoms with Crippen molar-refractivity contribution < 1.29 is 13.9 Å². The highest BCUT2D eigenvalue weighted by Crippen LogP contribution is 2.30. The second kappa shape index (κ2) is 9.79. The van der Waals surface area contributed by atoms with Gasteiger partial charge in [-0.05, 0) is 36.9 Å². The normalized spacial score (nSPS) is 19.5. The number of furan rings is 1. The van der Waals surface area contributed by atoms with Crippen LogP contribution in [0, 0.1) is 0 Å². The van der Waals surface area contributed by atoms with E-state index < -0.39 is 0 Å². The summed E-state index contributed by atoms with van der Waals surface area (Å²) in [6.45, 7) is 4.00. The first-order valence-corrected chi connectivity index (χ1v) is 11.6. The number of hydrogen-bond acceptors (Lipinski definition) is 7. The number of amides is 1. The van der Waals surface area contributed by atoms with Gasteiger partial charge in [0.15, 0.2) is 0 Å². The molecule has 2 aliphatic heterocycles. The Morgan fingerprint density at radius 1 is 1.12 bits per heavy atom. The van der Waals surface area contributed by atoms with Gasteiger partial charge in [0.2, 0.25) is 11.9 Å². The Morgan fingerprint density at radius 2 is 1.88 bits per heavy atom. The monoisotopic (exact) mass is 459 g/mol. The summed E-state index contributed by atoms with van der Waals surface area (Å²) in [7, 11) is 3.75. The van der Waals surface area contributed by atoms with Crippen molar-refractivity contribution in [3.63, 3.8) is 0 Å². The number of piperazine rings is 1. The molecule has 1 amide bonds. The van der Waals surface area contributed by atoms with Crippen LogP contribution in [0.15, 0.2) is 69.0 Å². The fourth-order valence-corrected chi connectivity index (χ4v) is 4.31. The molecule has 2 aromatic carbocycles. The lowest BCUT2D eigenvalue weighted by Crippen LogP contribution is -2.48. The number of rotatable bonds is 5. The van der Waals surface area contributed by atoms with Crippen LogP contribution in [0.5, 0.6) is 5.75 Å². The molecule has 1 unspecified atom stereocenters. The molecule has 3 heterocycles. The van der Waals surface area contributed by atoms with E-state index in [1.54, 1.807) is 7.11 Å². The Kier molecular flexibility index (Phi) is 6.42. The summed E-state index contributed by atoms with van der Waals surface area (Å²) in [5.74, 6) is 1.70. The summed E-state index contributed by atoms with van der Waals surface area (Å²) in [4.78, 5) is 26.7. The third-order valence-electron chi connectivity index (χ3n) is 6.33. The van der Waals surface area contributed by atoms with E-state index in [2.05, 4.69) is 22.2 Å². The molecule has 3 aromatic rings. The van der Waals surface area contributed by atoms with Gasteiger partial charge in [0, 0.05) is 38.0 Å². The Balaban J connectivity index is 1.39. The molecule has 1 aromatic heterocycles. The summed E-state index contributed by atoms with van der Waals surface area (Å²) in [5.41, 5.74) is 2.60. The Morgan fingerprint density at radius 3 is 2.62 bits per heavy atom. The van der Waals surface area contributed by atoms with Crippen LogP contribution in [0.3, 0.4) is 0 Å². The molecule has 5 rings (SSSR count). The van der Waals surface area contributed by atoms with Crippen LogP contribution in [-0.4, -0.2) is 74.3 Å². The maximum absolute atomic E-state index is 12.8. The number of benzene rings is 2. The molecule has 8 nitrogen and oxygen atoms in total. The van der Waals surface area contributed by atoms with Gasteiger partial charge in [-0.2, -0.15) is 0 Å². The summed E-state index contributed by atoms with van der Waals surface area (Å²) >= 11 is 0. The number of fused-ring (bicyclic) bond motifs is 1. The number of ether oxygens (including phenoxy) is 1.